The molecular weight excluding hydrogens is 302 g/mol. The molecule has 0 spiro atoms. The molecule has 1 aliphatic heterocycles. The molecule has 0 aromatic heterocycles. The third-order valence-corrected chi connectivity index (χ3v) is 4.40. The van der Waals surface area contributed by atoms with Crippen molar-refractivity contribution in [2.45, 2.75) is 25.8 Å². The Morgan fingerprint density at radius 2 is 2.05 bits per heavy atom. The largest absolute Gasteiger partial charge is 0.370 e. The van der Waals surface area contributed by atoms with Crippen LogP contribution in [0.15, 0.2) is 22.7 Å². The monoisotopic (exact) mass is 325 g/mol. The van der Waals surface area contributed by atoms with Crippen LogP contribution in [-0.2, 0) is 6.42 Å². The number of hydrogen-bond acceptors (Lipinski definition) is 3. The summed E-state index contributed by atoms with van der Waals surface area (Å²) in [4.78, 5) is 4.88. The summed E-state index contributed by atoms with van der Waals surface area (Å²) >= 11 is 3.68. The zero-order valence-electron chi connectivity index (χ0n) is 11.9. The van der Waals surface area contributed by atoms with Gasteiger partial charge in [0, 0.05) is 35.8 Å². The Bertz CT molecular complexity index is 420. The van der Waals surface area contributed by atoms with Crippen LogP contribution in [0, 0.1) is 0 Å². The van der Waals surface area contributed by atoms with Crippen molar-refractivity contribution in [1.29, 1.82) is 0 Å². The Labute approximate surface area is 124 Å². The lowest BCUT2D eigenvalue weighted by Crippen LogP contribution is -2.28. The van der Waals surface area contributed by atoms with Gasteiger partial charge in [-0.25, -0.2) is 0 Å². The number of rotatable bonds is 3. The first-order valence-corrected chi connectivity index (χ1v) is 7.83. The van der Waals surface area contributed by atoms with Gasteiger partial charge in [-0.2, -0.15) is 0 Å². The van der Waals surface area contributed by atoms with E-state index in [0.717, 1.165) is 26.1 Å². The smallest absolute Gasteiger partial charge is 0.0378 e. The van der Waals surface area contributed by atoms with Crippen molar-refractivity contribution in [3.8, 4) is 0 Å². The highest BCUT2D eigenvalue weighted by molar-refractivity contribution is 9.10. The molecule has 0 bridgehead atoms. The molecule has 1 aliphatic rings. The van der Waals surface area contributed by atoms with E-state index < -0.39 is 0 Å². The molecule has 1 aromatic rings. The van der Waals surface area contributed by atoms with Crippen LogP contribution in [0.5, 0.6) is 0 Å². The molecule has 3 nitrogen and oxygen atoms in total. The number of halogens is 1. The van der Waals surface area contributed by atoms with Gasteiger partial charge in [0.2, 0.25) is 0 Å². The molecule has 1 fully saturated rings. The molecular formula is C15H24BrN3. The second-order valence-corrected chi connectivity index (χ2v) is 6.46. The van der Waals surface area contributed by atoms with E-state index in [4.69, 9.17) is 5.73 Å². The van der Waals surface area contributed by atoms with Crippen LogP contribution >= 0.6 is 15.9 Å². The maximum atomic E-state index is 5.87. The average molecular weight is 326 g/mol. The van der Waals surface area contributed by atoms with E-state index in [-0.39, 0.29) is 6.04 Å². The van der Waals surface area contributed by atoms with Crippen LogP contribution in [0.25, 0.3) is 0 Å². The number of likely N-dealkylation sites (N-methyl/N-ethyl adjacent to an activating group) is 1. The predicted molar refractivity (Wildman–Crippen MR) is 85.8 cm³/mol. The number of benzene rings is 1. The first-order chi connectivity index (χ1) is 9.06. The van der Waals surface area contributed by atoms with Crippen LogP contribution in [0.2, 0.25) is 0 Å². The molecule has 19 heavy (non-hydrogen) atoms. The van der Waals surface area contributed by atoms with Gasteiger partial charge in [0.1, 0.15) is 0 Å². The lowest BCUT2D eigenvalue weighted by molar-refractivity contribution is 0.360. The fourth-order valence-electron chi connectivity index (χ4n) is 2.55. The normalized spacial score (nSPS) is 19.3. The number of nitrogens with zero attached hydrogens (tertiary/aromatic N) is 2. The Morgan fingerprint density at radius 1 is 1.26 bits per heavy atom. The van der Waals surface area contributed by atoms with Crippen LogP contribution in [0.1, 0.15) is 18.9 Å². The summed E-state index contributed by atoms with van der Waals surface area (Å²) in [5.41, 5.74) is 8.49. The summed E-state index contributed by atoms with van der Waals surface area (Å²) in [5, 5.41) is 0. The van der Waals surface area contributed by atoms with Crippen molar-refractivity contribution in [3.63, 3.8) is 0 Å². The predicted octanol–water partition coefficient (Wildman–Crippen LogP) is 2.48. The molecule has 0 saturated carbocycles. The molecule has 1 saturated heterocycles. The zero-order chi connectivity index (χ0) is 13.8. The van der Waals surface area contributed by atoms with Crippen LogP contribution in [-0.4, -0.2) is 44.2 Å². The topological polar surface area (TPSA) is 32.5 Å². The molecule has 1 heterocycles. The van der Waals surface area contributed by atoms with E-state index in [0.29, 0.717) is 0 Å². The van der Waals surface area contributed by atoms with Gasteiger partial charge in [-0.15, -0.1) is 0 Å². The van der Waals surface area contributed by atoms with E-state index in [1.807, 2.05) is 6.92 Å². The van der Waals surface area contributed by atoms with Gasteiger partial charge in [0.15, 0.2) is 0 Å². The van der Waals surface area contributed by atoms with Gasteiger partial charge in [-0.3, -0.25) is 0 Å². The second-order valence-electron chi connectivity index (χ2n) is 5.60. The lowest BCUT2D eigenvalue weighted by Gasteiger charge is -2.23. The Kier molecular flexibility index (Phi) is 5.25. The quantitative estimate of drug-likeness (QED) is 0.926. The first-order valence-electron chi connectivity index (χ1n) is 7.04. The fraction of sp³-hybridized carbons (Fsp3) is 0.600. The fourth-order valence-corrected chi connectivity index (χ4v) is 3.08. The molecule has 1 aromatic carbocycles. The highest BCUT2D eigenvalue weighted by Gasteiger charge is 2.13. The SMILES string of the molecule is CC(N)Cc1ccc(N2CCCN(C)CC2)cc1Br. The van der Waals surface area contributed by atoms with E-state index in [2.05, 4.69) is 51.0 Å². The number of hydrogen-bond donors (Lipinski definition) is 1. The summed E-state index contributed by atoms with van der Waals surface area (Å²) in [6.45, 7) is 6.63. The van der Waals surface area contributed by atoms with Gasteiger partial charge >= 0.3 is 0 Å². The molecule has 0 aliphatic carbocycles. The first kappa shape index (κ1) is 14.8. The van der Waals surface area contributed by atoms with Gasteiger partial charge in [0.25, 0.3) is 0 Å². The summed E-state index contributed by atoms with van der Waals surface area (Å²) in [6, 6.07) is 6.88. The summed E-state index contributed by atoms with van der Waals surface area (Å²) in [7, 11) is 2.20. The molecule has 2 rings (SSSR count). The third kappa shape index (κ3) is 4.20. The van der Waals surface area contributed by atoms with E-state index in [1.165, 1.54) is 28.7 Å². The van der Waals surface area contributed by atoms with Crippen LogP contribution in [0.4, 0.5) is 5.69 Å². The Balaban J connectivity index is 2.10. The molecule has 0 radical (unpaired) electrons. The average Bonchev–Trinajstić information content (AvgIpc) is 2.56. The maximum Gasteiger partial charge on any atom is 0.0378 e. The third-order valence-electron chi connectivity index (χ3n) is 3.66. The standard InChI is InChI=1S/C15H24BrN3/c1-12(17)10-13-4-5-14(11-15(13)16)19-7-3-6-18(2)8-9-19/h4-5,11-12H,3,6-10,17H2,1-2H3. The minimum absolute atomic E-state index is 0.203. The summed E-state index contributed by atoms with van der Waals surface area (Å²) in [5.74, 6) is 0. The molecule has 0 amide bonds. The van der Waals surface area contributed by atoms with Gasteiger partial charge < -0.3 is 15.5 Å². The second kappa shape index (κ2) is 6.73. The molecule has 2 N–H and O–H groups in total. The Morgan fingerprint density at radius 3 is 2.74 bits per heavy atom. The van der Waals surface area contributed by atoms with Crippen molar-refractivity contribution in [2.24, 2.45) is 5.73 Å². The van der Waals surface area contributed by atoms with E-state index in [1.54, 1.807) is 0 Å². The minimum Gasteiger partial charge on any atom is -0.370 e. The van der Waals surface area contributed by atoms with Crippen molar-refractivity contribution in [1.82, 2.24) is 4.90 Å². The van der Waals surface area contributed by atoms with E-state index >= 15 is 0 Å². The van der Waals surface area contributed by atoms with Gasteiger partial charge in [-0.05, 0) is 51.1 Å². The van der Waals surface area contributed by atoms with Crippen molar-refractivity contribution in [3.05, 3.63) is 28.2 Å². The molecule has 1 atom stereocenters. The minimum atomic E-state index is 0.203. The van der Waals surface area contributed by atoms with Crippen LogP contribution in [0.3, 0.4) is 0 Å². The summed E-state index contributed by atoms with van der Waals surface area (Å²) in [6.07, 6.45) is 2.15. The lowest BCUT2D eigenvalue weighted by atomic mass is 10.1. The van der Waals surface area contributed by atoms with Crippen LogP contribution < -0.4 is 10.6 Å². The van der Waals surface area contributed by atoms with Crippen molar-refractivity contribution < 1.29 is 0 Å². The molecule has 1 unspecified atom stereocenters. The van der Waals surface area contributed by atoms with Gasteiger partial charge in [-0.1, -0.05) is 22.0 Å². The highest BCUT2D eigenvalue weighted by Crippen LogP contribution is 2.25. The van der Waals surface area contributed by atoms with Crippen molar-refractivity contribution in [2.75, 3.05) is 38.1 Å². The van der Waals surface area contributed by atoms with Gasteiger partial charge in [0.05, 0.1) is 0 Å². The number of nitrogens with two attached hydrogens (primary N) is 1. The van der Waals surface area contributed by atoms with E-state index in [9.17, 15) is 0 Å². The highest BCUT2D eigenvalue weighted by atomic mass is 79.9. The maximum absolute atomic E-state index is 5.87. The molecule has 4 heteroatoms. The zero-order valence-corrected chi connectivity index (χ0v) is 13.5. The molecule has 106 valence electrons. The number of anilines is 1. The summed E-state index contributed by atoms with van der Waals surface area (Å²) < 4.78 is 1.18. The Hall–Kier alpha value is -0.580. The van der Waals surface area contributed by atoms with Crippen molar-refractivity contribution >= 4 is 21.6 Å².